The first kappa shape index (κ1) is 20.0. The Morgan fingerprint density at radius 3 is 2.46 bits per heavy atom. The molecule has 28 heavy (non-hydrogen) atoms. The molecular weight excluding hydrogens is 374 g/mol. The largest absolute Gasteiger partial charge is 0.490 e. The Morgan fingerprint density at radius 2 is 1.75 bits per heavy atom. The van der Waals surface area contributed by atoms with E-state index in [-0.39, 0.29) is 17.7 Å². The number of ether oxygens (including phenoxy) is 2. The van der Waals surface area contributed by atoms with Crippen molar-refractivity contribution in [3.8, 4) is 11.5 Å². The smallest absolute Gasteiger partial charge is 0.293 e. The molecule has 0 unspecified atom stereocenters. The van der Waals surface area contributed by atoms with Gasteiger partial charge < -0.3 is 9.47 Å². The van der Waals surface area contributed by atoms with Gasteiger partial charge in [0.1, 0.15) is 0 Å². The van der Waals surface area contributed by atoms with Crippen molar-refractivity contribution >= 4 is 29.0 Å². The van der Waals surface area contributed by atoms with E-state index in [1.54, 1.807) is 6.08 Å². The molecule has 2 aromatic rings. The van der Waals surface area contributed by atoms with Gasteiger partial charge >= 0.3 is 0 Å². The van der Waals surface area contributed by atoms with Crippen molar-refractivity contribution in [2.45, 2.75) is 27.3 Å². The van der Waals surface area contributed by atoms with Crippen molar-refractivity contribution in [1.82, 2.24) is 4.90 Å². The standard InChI is InChI=1S/C22H23NO4S/c1-4-26-18-10-9-16(12-19(18)27-5-2)13-20-21(24)23(22(25)28-20)14-17-8-6-7-15(3)11-17/h6-13H,4-5,14H2,1-3H3/b20-13-. The number of hydrogen-bond donors (Lipinski definition) is 0. The Morgan fingerprint density at radius 1 is 1.00 bits per heavy atom. The molecule has 2 aromatic carbocycles. The van der Waals surface area contributed by atoms with E-state index in [0.717, 1.165) is 28.5 Å². The van der Waals surface area contributed by atoms with Crippen LogP contribution in [0.1, 0.15) is 30.5 Å². The topological polar surface area (TPSA) is 55.8 Å². The lowest BCUT2D eigenvalue weighted by molar-refractivity contribution is -0.123. The van der Waals surface area contributed by atoms with Gasteiger partial charge in [-0.2, -0.15) is 0 Å². The number of rotatable bonds is 7. The zero-order valence-corrected chi connectivity index (χ0v) is 17.0. The zero-order chi connectivity index (χ0) is 20.1. The van der Waals surface area contributed by atoms with Crippen LogP contribution in [0.5, 0.6) is 11.5 Å². The lowest BCUT2D eigenvalue weighted by atomic mass is 10.1. The summed E-state index contributed by atoms with van der Waals surface area (Å²) in [6.45, 7) is 7.12. The number of thioether (sulfide) groups is 1. The lowest BCUT2D eigenvalue weighted by Crippen LogP contribution is -2.27. The third-order valence-electron chi connectivity index (χ3n) is 4.16. The quantitative estimate of drug-likeness (QED) is 0.614. The van der Waals surface area contributed by atoms with E-state index < -0.39 is 0 Å². The fraction of sp³-hybridized carbons (Fsp3) is 0.273. The van der Waals surface area contributed by atoms with Crippen molar-refractivity contribution in [3.63, 3.8) is 0 Å². The van der Waals surface area contributed by atoms with E-state index in [1.807, 2.05) is 63.2 Å². The number of carbonyl (C=O) groups excluding carboxylic acids is 2. The van der Waals surface area contributed by atoms with E-state index in [9.17, 15) is 9.59 Å². The van der Waals surface area contributed by atoms with E-state index in [4.69, 9.17) is 9.47 Å². The number of amides is 2. The monoisotopic (exact) mass is 397 g/mol. The summed E-state index contributed by atoms with van der Waals surface area (Å²) in [4.78, 5) is 26.8. The molecule has 3 rings (SSSR count). The van der Waals surface area contributed by atoms with Crippen molar-refractivity contribution in [2.75, 3.05) is 13.2 Å². The molecule has 0 atom stereocenters. The Hall–Kier alpha value is -2.73. The Balaban J connectivity index is 1.82. The van der Waals surface area contributed by atoms with Crippen molar-refractivity contribution in [3.05, 3.63) is 64.1 Å². The van der Waals surface area contributed by atoms with Crippen LogP contribution in [-0.4, -0.2) is 29.3 Å². The summed E-state index contributed by atoms with van der Waals surface area (Å²) in [6, 6.07) is 13.3. The molecule has 0 N–H and O–H groups in total. The molecule has 0 aromatic heterocycles. The van der Waals surface area contributed by atoms with Crippen molar-refractivity contribution in [2.24, 2.45) is 0 Å². The van der Waals surface area contributed by atoms with Gasteiger partial charge in [0, 0.05) is 0 Å². The van der Waals surface area contributed by atoms with Gasteiger partial charge in [0.2, 0.25) is 0 Å². The highest BCUT2D eigenvalue weighted by Gasteiger charge is 2.35. The Kier molecular flexibility index (Phi) is 6.41. The van der Waals surface area contributed by atoms with Gasteiger partial charge in [0.15, 0.2) is 11.5 Å². The average Bonchev–Trinajstić information content (AvgIpc) is 2.92. The summed E-state index contributed by atoms with van der Waals surface area (Å²) in [5.41, 5.74) is 2.81. The van der Waals surface area contributed by atoms with Crippen molar-refractivity contribution in [1.29, 1.82) is 0 Å². The van der Waals surface area contributed by atoms with Gasteiger partial charge in [0.05, 0.1) is 24.7 Å². The predicted octanol–water partition coefficient (Wildman–Crippen LogP) is 5.03. The summed E-state index contributed by atoms with van der Waals surface area (Å²) in [5.74, 6) is 1.01. The van der Waals surface area contributed by atoms with E-state index in [0.29, 0.717) is 29.6 Å². The molecule has 6 heteroatoms. The van der Waals surface area contributed by atoms with Crippen LogP contribution < -0.4 is 9.47 Å². The number of imide groups is 1. The minimum absolute atomic E-state index is 0.256. The maximum Gasteiger partial charge on any atom is 0.293 e. The summed E-state index contributed by atoms with van der Waals surface area (Å²) < 4.78 is 11.2. The van der Waals surface area contributed by atoms with Crippen LogP contribution >= 0.6 is 11.8 Å². The molecule has 1 saturated heterocycles. The first-order chi connectivity index (χ1) is 13.5. The van der Waals surface area contributed by atoms with Crippen LogP contribution in [-0.2, 0) is 11.3 Å². The molecule has 1 aliphatic rings. The highest BCUT2D eigenvalue weighted by atomic mass is 32.2. The maximum absolute atomic E-state index is 12.7. The molecule has 5 nitrogen and oxygen atoms in total. The second-order valence-electron chi connectivity index (χ2n) is 6.33. The number of carbonyl (C=O) groups is 2. The first-order valence-electron chi connectivity index (χ1n) is 9.22. The maximum atomic E-state index is 12.7. The number of nitrogens with zero attached hydrogens (tertiary/aromatic N) is 1. The third kappa shape index (κ3) is 4.57. The molecule has 0 saturated carbocycles. The summed E-state index contributed by atoms with van der Waals surface area (Å²) in [7, 11) is 0. The molecule has 0 aliphatic carbocycles. The predicted molar refractivity (Wildman–Crippen MR) is 111 cm³/mol. The molecule has 2 amide bonds. The third-order valence-corrected chi connectivity index (χ3v) is 5.07. The zero-order valence-electron chi connectivity index (χ0n) is 16.2. The Labute approximate surface area is 169 Å². The van der Waals surface area contributed by atoms with Gasteiger partial charge in [-0.3, -0.25) is 14.5 Å². The lowest BCUT2D eigenvalue weighted by Gasteiger charge is -2.13. The molecule has 0 radical (unpaired) electrons. The van der Waals surface area contributed by atoms with Crippen LogP contribution in [0.4, 0.5) is 4.79 Å². The number of hydrogen-bond acceptors (Lipinski definition) is 5. The minimum atomic E-state index is -0.275. The summed E-state index contributed by atoms with van der Waals surface area (Å²) >= 11 is 0.960. The van der Waals surface area contributed by atoms with E-state index in [2.05, 4.69) is 0 Å². The van der Waals surface area contributed by atoms with E-state index >= 15 is 0 Å². The van der Waals surface area contributed by atoms with Crippen molar-refractivity contribution < 1.29 is 19.1 Å². The van der Waals surface area contributed by atoms with Crippen LogP contribution in [0.15, 0.2) is 47.4 Å². The molecular formula is C22H23NO4S. The first-order valence-corrected chi connectivity index (χ1v) is 10.0. The molecule has 1 aliphatic heterocycles. The van der Waals surface area contributed by atoms with Gasteiger partial charge in [0.25, 0.3) is 11.1 Å². The SMILES string of the molecule is CCOc1ccc(/C=C2\SC(=O)N(Cc3cccc(C)c3)C2=O)cc1OCC. The molecule has 0 bridgehead atoms. The fourth-order valence-corrected chi connectivity index (χ4v) is 3.78. The van der Waals surface area contributed by atoms with E-state index in [1.165, 1.54) is 4.90 Å². The van der Waals surface area contributed by atoms with Crippen LogP contribution in [0.25, 0.3) is 6.08 Å². The molecule has 1 heterocycles. The fourth-order valence-electron chi connectivity index (χ4n) is 2.94. The van der Waals surface area contributed by atoms with Crippen LogP contribution in [0.3, 0.4) is 0 Å². The minimum Gasteiger partial charge on any atom is -0.490 e. The normalized spacial score (nSPS) is 15.4. The van der Waals surface area contributed by atoms with Gasteiger partial charge in [-0.05, 0) is 61.9 Å². The van der Waals surface area contributed by atoms with Gasteiger partial charge in [-0.25, -0.2) is 0 Å². The number of benzene rings is 2. The molecule has 0 spiro atoms. The second kappa shape index (κ2) is 8.97. The highest BCUT2D eigenvalue weighted by Crippen LogP contribution is 2.35. The highest BCUT2D eigenvalue weighted by molar-refractivity contribution is 8.18. The van der Waals surface area contributed by atoms with Gasteiger partial charge in [-0.15, -0.1) is 0 Å². The Bertz CT molecular complexity index is 923. The van der Waals surface area contributed by atoms with Crippen LogP contribution in [0.2, 0.25) is 0 Å². The molecule has 146 valence electrons. The average molecular weight is 397 g/mol. The summed E-state index contributed by atoms with van der Waals surface area (Å²) in [5, 5.41) is -0.256. The van der Waals surface area contributed by atoms with Gasteiger partial charge in [-0.1, -0.05) is 35.9 Å². The van der Waals surface area contributed by atoms with Crippen LogP contribution in [0, 0.1) is 6.92 Å². The molecule has 1 fully saturated rings. The second-order valence-corrected chi connectivity index (χ2v) is 7.32. The summed E-state index contributed by atoms with van der Waals surface area (Å²) in [6.07, 6.45) is 1.72. The number of aryl methyl sites for hydroxylation is 1.